The van der Waals surface area contributed by atoms with Crippen LogP contribution in [0.2, 0.25) is 0 Å². The fraction of sp³-hybridized carbons (Fsp3) is 0.905. The molecule has 1 heterocycles. The number of rotatable bonds is 18. The van der Waals surface area contributed by atoms with Crippen LogP contribution in [0, 0.1) is 0 Å². The molecule has 0 aromatic carbocycles. The highest BCUT2D eigenvalue weighted by Gasteiger charge is 2.26. The van der Waals surface area contributed by atoms with Gasteiger partial charge < -0.3 is 23.8 Å². The van der Waals surface area contributed by atoms with E-state index in [1.165, 1.54) is 70.6 Å². The molecule has 1 unspecified atom stereocenters. The van der Waals surface area contributed by atoms with E-state index < -0.39 is 13.9 Å². The lowest BCUT2D eigenvalue weighted by Crippen LogP contribution is -2.20. The largest absolute Gasteiger partial charge is 0.756 e. The van der Waals surface area contributed by atoms with Gasteiger partial charge in [-0.05, 0) is 38.5 Å². The summed E-state index contributed by atoms with van der Waals surface area (Å²) in [5.74, 6) is 0. The maximum Gasteiger partial charge on any atom is 0.265 e. The van der Waals surface area contributed by atoms with Crippen molar-refractivity contribution >= 4 is 7.82 Å². The van der Waals surface area contributed by atoms with Gasteiger partial charge in [0.25, 0.3) is 7.82 Å². The molecule has 1 saturated heterocycles. The van der Waals surface area contributed by atoms with Crippen molar-refractivity contribution in [2.45, 2.75) is 109 Å². The minimum absolute atomic E-state index is 0.194. The number of allylic oxidation sites excluding steroid dienone is 2. The van der Waals surface area contributed by atoms with Gasteiger partial charge in [-0.25, -0.2) is 0 Å². The molecule has 1 N–H and O–H groups in total. The zero-order chi connectivity index (χ0) is 20.5. The Morgan fingerprint density at radius 3 is 2.18 bits per heavy atom. The molecule has 1 aliphatic heterocycles. The van der Waals surface area contributed by atoms with Crippen molar-refractivity contribution in [3.05, 3.63) is 12.2 Å². The maximum atomic E-state index is 10.6. The number of phosphoric ester groups is 1. The highest BCUT2D eigenvalue weighted by molar-refractivity contribution is 7.44. The zero-order valence-electron chi connectivity index (χ0n) is 17.6. The third-order valence-corrected chi connectivity index (χ3v) is 5.41. The van der Waals surface area contributed by atoms with E-state index in [1.54, 1.807) is 0 Å². The number of ether oxygens (including phenoxy) is 2. The molecular formula is C21H40O6P-. The molecule has 0 bridgehead atoms. The number of hydrogen-bond donors (Lipinski definition) is 1. The summed E-state index contributed by atoms with van der Waals surface area (Å²) in [6.07, 6.45) is 21.2. The molecular weight excluding hydrogens is 379 g/mol. The van der Waals surface area contributed by atoms with E-state index in [0.29, 0.717) is 6.61 Å². The molecule has 0 aromatic rings. The summed E-state index contributed by atoms with van der Waals surface area (Å²) in [5.41, 5.74) is 0. The molecule has 0 aliphatic carbocycles. The van der Waals surface area contributed by atoms with E-state index in [1.807, 2.05) is 0 Å². The van der Waals surface area contributed by atoms with Crippen LogP contribution in [0.4, 0.5) is 0 Å². The summed E-state index contributed by atoms with van der Waals surface area (Å²) in [7, 11) is -4.68. The van der Waals surface area contributed by atoms with Crippen LogP contribution in [0.5, 0.6) is 0 Å². The highest BCUT2D eigenvalue weighted by Crippen LogP contribution is 2.31. The van der Waals surface area contributed by atoms with Crippen molar-refractivity contribution in [1.82, 2.24) is 0 Å². The Kier molecular flexibility index (Phi) is 15.3. The van der Waals surface area contributed by atoms with Gasteiger partial charge in [0, 0.05) is 0 Å². The Morgan fingerprint density at radius 2 is 1.57 bits per heavy atom. The first kappa shape index (κ1) is 25.8. The molecule has 0 radical (unpaired) electrons. The smallest absolute Gasteiger partial charge is 0.265 e. The van der Waals surface area contributed by atoms with Crippen molar-refractivity contribution in [1.29, 1.82) is 0 Å². The molecule has 6 nitrogen and oxygen atoms in total. The molecule has 0 saturated carbocycles. The third-order valence-electron chi connectivity index (χ3n) is 4.94. The van der Waals surface area contributed by atoms with Gasteiger partial charge in [-0.15, -0.1) is 0 Å². The van der Waals surface area contributed by atoms with Crippen molar-refractivity contribution < 1.29 is 28.3 Å². The maximum absolute atomic E-state index is 10.6. The molecule has 166 valence electrons. The lowest BCUT2D eigenvalue weighted by molar-refractivity contribution is -0.222. The van der Waals surface area contributed by atoms with Gasteiger partial charge in [0.2, 0.25) is 0 Å². The Labute approximate surface area is 171 Å². The van der Waals surface area contributed by atoms with Crippen LogP contribution in [0.25, 0.3) is 0 Å². The van der Waals surface area contributed by atoms with Crippen LogP contribution >= 0.6 is 7.82 Å². The van der Waals surface area contributed by atoms with E-state index >= 15 is 0 Å². The number of hydrogen-bond acceptors (Lipinski definition) is 5. The Bertz CT molecular complexity index is 437. The SMILES string of the molecule is CCCCCCCC/C=C\CCCCCCC[C@@H]1OC[C@H](COP(=O)([O-])O)O1. The van der Waals surface area contributed by atoms with Gasteiger partial charge in [0.05, 0.1) is 13.2 Å². The third kappa shape index (κ3) is 15.7. The molecule has 0 amide bonds. The van der Waals surface area contributed by atoms with Gasteiger partial charge in [-0.1, -0.05) is 70.4 Å². The number of phosphoric acid groups is 1. The van der Waals surface area contributed by atoms with Gasteiger partial charge in [-0.2, -0.15) is 0 Å². The molecule has 0 aromatic heterocycles. The summed E-state index contributed by atoms with van der Waals surface area (Å²) in [6.45, 7) is 2.36. The van der Waals surface area contributed by atoms with Crippen LogP contribution in [-0.4, -0.2) is 30.5 Å². The monoisotopic (exact) mass is 419 g/mol. The van der Waals surface area contributed by atoms with E-state index in [0.717, 1.165) is 19.3 Å². The summed E-state index contributed by atoms with van der Waals surface area (Å²) < 4.78 is 25.9. The molecule has 28 heavy (non-hydrogen) atoms. The summed E-state index contributed by atoms with van der Waals surface area (Å²) in [6, 6.07) is 0. The van der Waals surface area contributed by atoms with Crippen LogP contribution in [0.3, 0.4) is 0 Å². The Morgan fingerprint density at radius 1 is 1.00 bits per heavy atom. The van der Waals surface area contributed by atoms with E-state index in [9.17, 15) is 9.46 Å². The summed E-state index contributed by atoms with van der Waals surface area (Å²) in [4.78, 5) is 19.1. The van der Waals surface area contributed by atoms with E-state index in [2.05, 4.69) is 23.6 Å². The van der Waals surface area contributed by atoms with Crippen molar-refractivity contribution in [3.8, 4) is 0 Å². The lowest BCUT2D eigenvalue weighted by Gasteiger charge is -2.17. The fourth-order valence-electron chi connectivity index (χ4n) is 3.31. The average Bonchev–Trinajstić information content (AvgIpc) is 3.10. The first-order valence-corrected chi connectivity index (χ1v) is 12.6. The average molecular weight is 420 g/mol. The quantitative estimate of drug-likeness (QED) is 0.186. The Hall–Kier alpha value is -0.230. The predicted molar refractivity (Wildman–Crippen MR) is 110 cm³/mol. The second kappa shape index (κ2) is 16.6. The molecule has 0 spiro atoms. The van der Waals surface area contributed by atoms with E-state index in [-0.39, 0.29) is 12.9 Å². The second-order valence-electron chi connectivity index (χ2n) is 7.66. The summed E-state index contributed by atoms with van der Waals surface area (Å²) >= 11 is 0. The summed E-state index contributed by atoms with van der Waals surface area (Å²) in [5, 5.41) is 0. The standard InChI is InChI=1S/C21H41O6P/c1-2-3-4-5-6-7-8-9-10-11-12-13-14-15-16-17-21-25-18-20(27-21)19-26-28(22,23)24/h9-10,20-21H,2-8,11-19H2,1H3,(H2,22,23,24)/p-1/b10-9-/t20-,21-/m1/s1. The van der Waals surface area contributed by atoms with Gasteiger partial charge in [0.15, 0.2) is 6.29 Å². The zero-order valence-corrected chi connectivity index (χ0v) is 18.5. The Balaban J connectivity index is 1.83. The minimum Gasteiger partial charge on any atom is -0.756 e. The number of unbranched alkanes of at least 4 members (excludes halogenated alkanes) is 11. The van der Waals surface area contributed by atoms with Gasteiger partial charge >= 0.3 is 0 Å². The predicted octanol–water partition coefficient (Wildman–Crippen LogP) is 5.24. The van der Waals surface area contributed by atoms with Crippen molar-refractivity contribution in [3.63, 3.8) is 0 Å². The van der Waals surface area contributed by atoms with Crippen molar-refractivity contribution in [2.24, 2.45) is 0 Å². The molecule has 3 atom stereocenters. The van der Waals surface area contributed by atoms with Gasteiger partial charge in [-0.3, -0.25) is 4.57 Å². The first-order valence-electron chi connectivity index (χ1n) is 11.1. The van der Waals surface area contributed by atoms with Crippen LogP contribution in [-0.2, 0) is 18.6 Å². The van der Waals surface area contributed by atoms with Gasteiger partial charge in [0.1, 0.15) is 6.10 Å². The molecule has 1 aliphatic rings. The topological polar surface area (TPSA) is 88.1 Å². The van der Waals surface area contributed by atoms with Crippen LogP contribution in [0.1, 0.15) is 96.8 Å². The van der Waals surface area contributed by atoms with Crippen LogP contribution < -0.4 is 4.89 Å². The lowest BCUT2D eigenvalue weighted by atomic mass is 10.1. The first-order chi connectivity index (χ1) is 13.5. The van der Waals surface area contributed by atoms with E-state index in [4.69, 9.17) is 14.4 Å². The molecule has 1 fully saturated rings. The van der Waals surface area contributed by atoms with Crippen LogP contribution in [0.15, 0.2) is 12.2 Å². The minimum atomic E-state index is -4.68. The highest BCUT2D eigenvalue weighted by atomic mass is 31.2. The molecule has 7 heteroatoms. The normalized spacial score (nSPS) is 22.1. The van der Waals surface area contributed by atoms with Crippen molar-refractivity contribution in [2.75, 3.05) is 13.2 Å². The molecule has 1 rings (SSSR count). The second-order valence-corrected chi connectivity index (χ2v) is 8.85. The fourth-order valence-corrected chi connectivity index (χ4v) is 3.66.